The quantitative estimate of drug-likeness (QED) is 0.569. The number of hydrogen-bond acceptors (Lipinski definition) is 4. The van der Waals surface area contributed by atoms with E-state index >= 15 is 0 Å². The third kappa shape index (κ3) is 3.57. The molecule has 2 aromatic heterocycles. The summed E-state index contributed by atoms with van der Waals surface area (Å²) >= 11 is 0. The largest absolute Gasteiger partial charge is 0.359 e. The molecule has 0 saturated heterocycles. The minimum Gasteiger partial charge on any atom is -0.359 e. The molecule has 0 saturated carbocycles. The highest BCUT2D eigenvalue weighted by Gasteiger charge is 2.16. The van der Waals surface area contributed by atoms with Gasteiger partial charge in [-0.15, -0.1) is 0 Å². The third-order valence-corrected chi connectivity index (χ3v) is 4.93. The van der Waals surface area contributed by atoms with Gasteiger partial charge in [0.1, 0.15) is 17.9 Å². The van der Waals surface area contributed by atoms with Gasteiger partial charge in [0.15, 0.2) is 11.2 Å². The maximum atomic E-state index is 13.1. The number of hydrogen-bond donors (Lipinski definition) is 1. The summed E-state index contributed by atoms with van der Waals surface area (Å²) in [5.74, 6) is 0.339. The van der Waals surface area contributed by atoms with Crippen LogP contribution < -0.4 is 10.7 Å². The summed E-state index contributed by atoms with van der Waals surface area (Å²) in [4.78, 5) is 25.9. The van der Waals surface area contributed by atoms with Crippen molar-refractivity contribution in [1.29, 1.82) is 0 Å². The van der Waals surface area contributed by atoms with Gasteiger partial charge in [0.25, 0.3) is 0 Å². The van der Waals surface area contributed by atoms with Crippen LogP contribution in [0.4, 0.5) is 5.69 Å². The second kappa shape index (κ2) is 7.39. The van der Waals surface area contributed by atoms with Gasteiger partial charge in [0.2, 0.25) is 5.91 Å². The molecule has 6 heteroatoms. The molecule has 0 unspecified atom stereocenters. The lowest BCUT2D eigenvalue weighted by Gasteiger charge is -2.14. The molecule has 4 rings (SSSR count). The molecule has 1 N–H and O–H groups in total. The number of benzene rings is 2. The predicted octanol–water partition coefficient (Wildman–Crippen LogP) is 4.22. The highest BCUT2D eigenvalue weighted by Crippen LogP contribution is 2.22. The first kappa shape index (κ1) is 18.7. The van der Waals surface area contributed by atoms with E-state index in [1.54, 1.807) is 20.0 Å². The van der Waals surface area contributed by atoms with E-state index in [2.05, 4.69) is 10.5 Å². The summed E-state index contributed by atoms with van der Waals surface area (Å²) in [5, 5.41) is 7.32. The van der Waals surface area contributed by atoms with Crippen molar-refractivity contribution < 1.29 is 9.32 Å². The molecule has 0 fully saturated rings. The number of aryl methyl sites for hydroxylation is 3. The van der Waals surface area contributed by atoms with Crippen LogP contribution in [-0.2, 0) is 11.3 Å². The molecule has 0 bridgehead atoms. The minimum atomic E-state index is -0.218. The highest BCUT2D eigenvalue weighted by atomic mass is 16.5. The van der Waals surface area contributed by atoms with E-state index in [1.165, 1.54) is 0 Å². The van der Waals surface area contributed by atoms with Crippen molar-refractivity contribution in [3.63, 3.8) is 0 Å². The third-order valence-electron chi connectivity index (χ3n) is 4.93. The molecule has 6 nitrogen and oxygen atoms in total. The Morgan fingerprint density at radius 2 is 1.86 bits per heavy atom. The van der Waals surface area contributed by atoms with Crippen molar-refractivity contribution in [3.8, 4) is 11.1 Å². The monoisotopic (exact) mass is 387 g/mol. The molecule has 4 aromatic rings. The van der Waals surface area contributed by atoms with Crippen molar-refractivity contribution in [2.24, 2.45) is 0 Å². The standard InChI is InChI=1S/C23H21N3O3/c1-14-9-10-18-20(11-14)26(12-19(23(18)28)17-7-5-4-6-8-17)13-21(27)24-22-15(2)25-29-16(22)3/h4-12H,13H2,1-3H3,(H,24,27). The zero-order valence-corrected chi connectivity index (χ0v) is 16.5. The first-order valence-corrected chi connectivity index (χ1v) is 9.36. The van der Waals surface area contributed by atoms with Gasteiger partial charge >= 0.3 is 0 Å². The molecule has 2 heterocycles. The van der Waals surface area contributed by atoms with E-state index in [0.29, 0.717) is 28.1 Å². The second-order valence-corrected chi connectivity index (χ2v) is 7.13. The number of pyridine rings is 1. The van der Waals surface area contributed by atoms with Gasteiger partial charge in [-0.05, 0) is 44.0 Å². The van der Waals surface area contributed by atoms with Crippen LogP contribution in [0.25, 0.3) is 22.0 Å². The Kier molecular flexibility index (Phi) is 4.76. The Morgan fingerprint density at radius 1 is 1.10 bits per heavy atom. The first-order valence-electron chi connectivity index (χ1n) is 9.36. The fourth-order valence-electron chi connectivity index (χ4n) is 3.45. The summed E-state index contributed by atoms with van der Waals surface area (Å²) in [7, 11) is 0. The molecule has 0 atom stereocenters. The van der Waals surface area contributed by atoms with Crippen LogP contribution in [0.3, 0.4) is 0 Å². The van der Waals surface area contributed by atoms with Crippen molar-refractivity contribution in [2.45, 2.75) is 27.3 Å². The average Bonchev–Trinajstić information content (AvgIpc) is 3.02. The number of anilines is 1. The summed E-state index contributed by atoms with van der Waals surface area (Å²) in [6.45, 7) is 5.55. The molecule has 0 radical (unpaired) electrons. The van der Waals surface area contributed by atoms with Gasteiger partial charge in [-0.25, -0.2) is 0 Å². The van der Waals surface area contributed by atoms with Crippen LogP contribution in [0.15, 0.2) is 64.0 Å². The van der Waals surface area contributed by atoms with Crippen LogP contribution in [0.2, 0.25) is 0 Å². The van der Waals surface area contributed by atoms with Gasteiger partial charge in [-0.1, -0.05) is 41.6 Å². The molecule has 0 aliphatic heterocycles. The Hall–Kier alpha value is -3.67. The predicted molar refractivity (Wildman–Crippen MR) is 113 cm³/mol. The Bertz CT molecular complexity index is 1250. The van der Waals surface area contributed by atoms with E-state index in [0.717, 1.165) is 16.6 Å². The van der Waals surface area contributed by atoms with Gasteiger partial charge in [0.05, 0.1) is 5.52 Å². The number of nitrogens with one attached hydrogen (secondary N) is 1. The topological polar surface area (TPSA) is 77.1 Å². The fraction of sp³-hybridized carbons (Fsp3) is 0.174. The average molecular weight is 387 g/mol. The molecule has 0 aliphatic carbocycles. The van der Waals surface area contributed by atoms with Crippen LogP contribution >= 0.6 is 0 Å². The molecule has 146 valence electrons. The van der Waals surface area contributed by atoms with E-state index < -0.39 is 0 Å². The molecule has 0 spiro atoms. The number of rotatable bonds is 4. The maximum absolute atomic E-state index is 13.1. The number of fused-ring (bicyclic) bond motifs is 1. The molecule has 1 amide bonds. The Balaban J connectivity index is 1.80. The summed E-state index contributed by atoms with van der Waals surface area (Å²) in [6.07, 6.45) is 1.76. The lowest BCUT2D eigenvalue weighted by atomic mass is 10.0. The Labute approximate surface area is 167 Å². The normalized spacial score (nSPS) is 11.0. The molecular formula is C23H21N3O3. The minimum absolute atomic E-state index is 0.0476. The van der Waals surface area contributed by atoms with E-state index in [4.69, 9.17) is 4.52 Å². The van der Waals surface area contributed by atoms with E-state index in [-0.39, 0.29) is 17.9 Å². The van der Waals surface area contributed by atoms with Crippen LogP contribution in [0.1, 0.15) is 17.0 Å². The maximum Gasteiger partial charge on any atom is 0.244 e. The number of carbonyl (C=O) groups excluding carboxylic acids is 1. The summed E-state index contributed by atoms with van der Waals surface area (Å²) < 4.78 is 6.93. The van der Waals surface area contributed by atoms with Crippen molar-refractivity contribution in [3.05, 3.63) is 82.0 Å². The molecule has 2 aromatic carbocycles. The summed E-state index contributed by atoms with van der Waals surface area (Å²) in [6, 6.07) is 15.1. The highest BCUT2D eigenvalue weighted by molar-refractivity contribution is 5.93. The van der Waals surface area contributed by atoms with Crippen molar-refractivity contribution in [2.75, 3.05) is 5.32 Å². The number of carbonyl (C=O) groups is 1. The van der Waals surface area contributed by atoms with Gasteiger partial charge in [-0.3, -0.25) is 9.59 Å². The van der Waals surface area contributed by atoms with Gasteiger partial charge < -0.3 is 14.4 Å². The van der Waals surface area contributed by atoms with Gasteiger partial charge in [0, 0.05) is 17.1 Å². The number of amides is 1. The zero-order chi connectivity index (χ0) is 20.5. The van der Waals surface area contributed by atoms with Crippen LogP contribution in [0, 0.1) is 20.8 Å². The second-order valence-electron chi connectivity index (χ2n) is 7.13. The molecule has 29 heavy (non-hydrogen) atoms. The fourth-order valence-corrected chi connectivity index (χ4v) is 3.45. The number of nitrogens with zero attached hydrogens (tertiary/aromatic N) is 2. The van der Waals surface area contributed by atoms with Crippen molar-refractivity contribution in [1.82, 2.24) is 9.72 Å². The molecule has 0 aliphatic rings. The SMILES string of the molecule is Cc1ccc2c(=O)c(-c3ccccc3)cn(CC(=O)Nc3c(C)noc3C)c2c1. The van der Waals surface area contributed by atoms with Gasteiger partial charge in [-0.2, -0.15) is 0 Å². The number of aromatic nitrogens is 2. The van der Waals surface area contributed by atoms with Crippen molar-refractivity contribution >= 4 is 22.5 Å². The zero-order valence-electron chi connectivity index (χ0n) is 16.5. The lowest BCUT2D eigenvalue weighted by Crippen LogP contribution is -2.22. The van der Waals surface area contributed by atoms with E-state index in [1.807, 2.05) is 60.0 Å². The molecular weight excluding hydrogens is 366 g/mol. The first-order chi connectivity index (χ1) is 13.9. The smallest absolute Gasteiger partial charge is 0.244 e. The van der Waals surface area contributed by atoms with E-state index in [9.17, 15) is 9.59 Å². The van der Waals surface area contributed by atoms with Crippen LogP contribution in [-0.4, -0.2) is 15.6 Å². The lowest BCUT2D eigenvalue weighted by molar-refractivity contribution is -0.116. The Morgan fingerprint density at radius 3 is 2.55 bits per heavy atom. The van der Waals surface area contributed by atoms with Crippen LogP contribution in [0.5, 0.6) is 0 Å². The summed E-state index contributed by atoms with van der Waals surface area (Å²) in [5.41, 5.74) is 4.29.